The Kier molecular flexibility index (Phi) is 8.35. The molecule has 12 aromatic rings. The molecule has 0 aliphatic heterocycles. The van der Waals surface area contributed by atoms with Gasteiger partial charge in [-0.05, 0) is 144 Å². The number of hydrogen-bond donors (Lipinski definition) is 0. The van der Waals surface area contributed by atoms with Crippen molar-refractivity contribution in [1.82, 2.24) is 0 Å². The van der Waals surface area contributed by atoms with Gasteiger partial charge in [0.15, 0.2) is 0 Å². The van der Waals surface area contributed by atoms with Crippen LogP contribution in [-0.2, 0) is 10.8 Å². The van der Waals surface area contributed by atoms with Crippen LogP contribution in [0.3, 0.4) is 0 Å². The molecule has 68 heavy (non-hydrogen) atoms. The average Bonchev–Trinajstić information content (AvgIpc) is 3.82. The molecule has 0 unspecified atom stereocenters. The molecule has 2 aliphatic rings. The smallest absolute Gasteiger partial charge is 0.0622 e. The van der Waals surface area contributed by atoms with Crippen LogP contribution in [0, 0.1) is 0 Å². The first-order valence-electron chi connectivity index (χ1n) is 24.0. The Bertz CT molecular complexity index is 3890. The van der Waals surface area contributed by atoms with Crippen molar-refractivity contribution >= 4 is 43.1 Å². The van der Waals surface area contributed by atoms with Crippen molar-refractivity contribution in [1.29, 1.82) is 0 Å². The molecule has 0 fully saturated rings. The van der Waals surface area contributed by atoms with E-state index in [0.29, 0.717) is 0 Å². The standard InChI is InChI=1S/C68H46/c1-67(2)59-35-19-17-25-47(59)49-39-37-43(41-61(49)67)63-51-27-9-13-31-55(51)65(56-32-14-10-28-52(56)63)66-57-33-15-11-29-53(57)64(54-30-12-16-34-58(54)66)44-38-40-50-48-26-18-20-36-60(48)68(62(50)42-44,45-21-5-3-6-22-45)46-23-7-4-8-24-46/h3-42H,1-2H3. The fourth-order valence-corrected chi connectivity index (χ4v) is 12.9. The first kappa shape index (κ1) is 38.9. The summed E-state index contributed by atoms with van der Waals surface area (Å²) in [6, 6.07) is 91.4. The monoisotopic (exact) mass is 862 g/mol. The molecule has 0 heterocycles. The molecular formula is C68H46. The number of rotatable bonds is 5. The number of fused-ring (bicyclic) bond motifs is 10. The van der Waals surface area contributed by atoms with Crippen LogP contribution in [0.25, 0.3) is 98.7 Å². The topological polar surface area (TPSA) is 0 Å². The Labute approximate surface area is 397 Å². The lowest BCUT2D eigenvalue weighted by atomic mass is 9.67. The second kappa shape index (κ2) is 14.6. The summed E-state index contributed by atoms with van der Waals surface area (Å²) in [5.74, 6) is 0. The van der Waals surface area contributed by atoms with E-state index in [1.165, 1.54) is 132 Å². The molecule has 0 saturated carbocycles. The van der Waals surface area contributed by atoms with Crippen LogP contribution in [0.5, 0.6) is 0 Å². The second-order valence-electron chi connectivity index (χ2n) is 19.4. The third-order valence-corrected chi connectivity index (χ3v) is 15.7. The predicted molar refractivity (Wildman–Crippen MR) is 288 cm³/mol. The minimum absolute atomic E-state index is 0.0968. The van der Waals surface area contributed by atoms with Crippen molar-refractivity contribution in [2.24, 2.45) is 0 Å². The van der Waals surface area contributed by atoms with Gasteiger partial charge < -0.3 is 0 Å². The zero-order valence-corrected chi connectivity index (χ0v) is 38.1. The first-order chi connectivity index (χ1) is 33.5. The molecule has 2 aliphatic carbocycles. The molecule has 0 radical (unpaired) electrons. The Morgan fingerprint density at radius 2 is 0.544 bits per heavy atom. The third-order valence-electron chi connectivity index (χ3n) is 15.7. The van der Waals surface area contributed by atoms with E-state index >= 15 is 0 Å². The van der Waals surface area contributed by atoms with Gasteiger partial charge in [0, 0.05) is 5.41 Å². The maximum absolute atomic E-state index is 2.53. The lowest BCUT2D eigenvalue weighted by molar-refractivity contribution is 0.660. The van der Waals surface area contributed by atoms with Gasteiger partial charge in [0.2, 0.25) is 0 Å². The van der Waals surface area contributed by atoms with Crippen LogP contribution in [0.2, 0.25) is 0 Å². The van der Waals surface area contributed by atoms with Gasteiger partial charge in [0.25, 0.3) is 0 Å². The van der Waals surface area contributed by atoms with E-state index in [-0.39, 0.29) is 5.41 Å². The number of hydrogen-bond acceptors (Lipinski definition) is 0. The van der Waals surface area contributed by atoms with Gasteiger partial charge in [-0.15, -0.1) is 0 Å². The number of benzene rings is 12. The molecule has 0 heteroatoms. The van der Waals surface area contributed by atoms with E-state index < -0.39 is 5.41 Å². The van der Waals surface area contributed by atoms with E-state index in [2.05, 4.69) is 257 Å². The largest absolute Gasteiger partial charge is 0.0713 e. The van der Waals surface area contributed by atoms with Crippen molar-refractivity contribution in [3.05, 3.63) is 276 Å². The average molecular weight is 863 g/mol. The Hall–Kier alpha value is -8.32. The molecule has 0 atom stereocenters. The lowest BCUT2D eigenvalue weighted by Crippen LogP contribution is -2.28. The normalized spacial score (nSPS) is 14.0. The van der Waals surface area contributed by atoms with E-state index in [0.717, 1.165) is 0 Å². The molecule has 0 N–H and O–H groups in total. The Balaban J connectivity index is 1.04. The molecule has 0 saturated heterocycles. The van der Waals surface area contributed by atoms with E-state index in [4.69, 9.17) is 0 Å². The van der Waals surface area contributed by atoms with E-state index in [1.54, 1.807) is 0 Å². The second-order valence-corrected chi connectivity index (χ2v) is 19.4. The van der Waals surface area contributed by atoms with Crippen LogP contribution >= 0.6 is 0 Å². The molecular weight excluding hydrogens is 817 g/mol. The van der Waals surface area contributed by atoms with Crippen molar-refractivity contribution < 1.29 is 0 Å². The maximum atomic E-state index is 2.53. The molecule has 318 valence electrons. The van der Waals surface area contributed by atoms with Crippen molar-refractivity contribution in [3.8, 4) is 55.6 Å². The van der Waals surface area contributed by atoms with Crippen molar-refractivity contribution in [3.63, 3.8) is 0 Å². The Morgan fingerprint density at radius 3 is 0.985 bits per heavy atom. The summed E-state index contributed by atoms with van der Waals surface area (Å²) in [6.07, 6.45) is 0. The summed E-state index contributed by atoms with van der Waals surface area (Å²) in [5, 5.41) is 10.1. The summed E-state index contributed by atoms with van der Waals surface area (Å²) in [7, 11) is 0. The fraction of sp³-hybridized carbons (Fsp3) is 0.0588. The summed E-state index contributed by atoms with van der Waals surface area (Å²) in [4.78, 5) is 0. The zero-order chi connectivity index (χ0) is 45.1. The Morgan fingerprint density at radius 1 is 0.235 bits per heavy atom. The molecule has 0 nitrogen and oxygen atoms in total. The fourth-order valence-electron chi connectivity index (χ4n) is 12.9. The van der Waals surface area contributed by atoms with Crippen LogP contribution in [0.1, 0.15) is 47.2 Å². The van der Waals surface area contributed by atoms with Crippen LogP contribution < -0.4 is 0 Å². The zero-order valence-electron chi connectivity index (χ0n) is 38.1. The lowest BCUT2D eigenvalue weighted by Gasteiger charge is -2.34. The van der Waals surface area contributed by atoms with E-state index in [1.807, 2.05) is 0 Å². The summed E-state index contributed by atoms with van der Waals surface area (Å²) >= 11 is 0. The SMILES string of the molecule is CC1(C)c2ccccc2-c2ccc(-c3c4ccccc4c(-c4c5ccccc5c(-c5ccc6c(c5)C(c5ccccc5)(c5ccccc5)c5ccccc5-6)c5ccccc45)c4ccccc34)cc21. The van der Waals surface area contributed by atoms with Gasteiger partial charge in [0.1, 0.15) is 0 Å². The highest BCUT2D eigenvalue weighted by atomic mass is 14.5. The summed E-state index contributed by atoms with van der Waals surface area (Å²) in [6.45, 7) is 4.76. The van der Waals surface area contributed by atoms with Gasteiger partial charge in [-0.1, -0.05) is 244 Å². The summed E-state index contributed by atoms with van der Waals surface area (Å²) < 4.78 is 0. The highest BCUT2D eigenvalue weighted by Gasteiger charge is 2.46. The van der Waals surface area contributed by atoms with Crippen molar-refractivity contribution in [2.45, 2.75) is 24.7 Å². The molecule has 0 bridgehead atoms. The predicted octanol–water partition coefficient (Wildman–Crippen LogP) is 18.0. The van der Waals surface area contributed by atoms with E-state index in [9.17, 15) is 0 Å². The van der Waals surface area contributed by atoms with Gasteiger partial charge in [-0.3, -0.25) is 0 Å². The summed E-state index contributed by atoms with van der Waals surface area (Å²) in [5.41, 5.74) is 20.3. The maximum Gasteiger partial charge on any atom is 0.0713 e. The minimum Gasteiger partial charge on any atom is -0.0622 e. The van der Waals surface area contributed by atoms with Crippen LogP contribution in [0.4, 0.5) is 0 Å². The highest BCUT2D eigenvalue weighted by Crippen LogP contribution is 2.58. The van der Waals surface area contributed by atoms with Gasteiger partial charge >= 0.3 is 0 Å². The third kappa shape index (κ3) is 5.26. The quantitative estimate of drug-likeness (QED) is 0.151. The minimum atomic E-state index is -0.492. The van der Waals surface area contributed by atoms with Gasteiger partial charge in [0.05, 0.1) is 5.41 Å². The van der Waals surface area contributed by atoms with Gasteiger partial charge in [-0.25, -0.2) is 0 Å². The molecule has 14 rings (SSSR count). The van der Waals surface area contributed by atoms with Crippen molar-refractivity contribution in [2.75, 3.05) is 0 Å². The highest BCUT2D eigenvalue weighted by molar-refractivity contribution is 6.30. The molecule has 12 aromatic carbocycles. The molecule has 0 aromatic heterocycles. The molecule has 0 spiro atoms. The van der Waals surface area contributed by atoms with Crippen LogP contribution in [-0.4, -0.2) is 0 Å². The first-order valence-corrected chi connectivity index (χ1v) is 24.0. The molecule has 0 amide bonds. The van der Waals surface area contributed by atoms with Gasteiger partial charge in [-0.2, -0.15) is 0 Å². The van der Waals surface area contributed by atoms with Crippen LogP contribution in [0.15, 0.2) is 243 Å².